The van der Waals surface area contributed by atoms with E-state index in [0.717, 1.165) is 0 Å². The molecule has 0 bridgehead atoms. The molecule has 150 valence electrons. The lowest BCUT2D eigenvalue weighted by molar-refractivity contribution is -0.384. The van der Waals surface area contributed by atoms with Crippen LogP contribution in [0.3, 0.4) is 0 Å². The molecule has 1 N–H and O–H groups in total. The summed E-state index contributed by atoms with van der Waals surface area (Å²) in [4.78, 5) is 27.4. The Kier molecular flexibility index (Phi) is 6.15. The molecule has 1 aromatic heterocycles. The van der Waals surface area contributed by atoms with Gasteiger partial charge < -0.3 is 10.2 Å². The average Bonchev–Trinajstić information content (AvgIpc) is 3.01. The van der Waals surface area contributed by atoms with Gasteiger partial charge in [-0.05, 0) is 18.6 Å². The number of benzene rings is 1. The highest BCUT2D eigenvalue weighted by molar-refractivity contribution is 6.33. The molecule has 1 saturated heterocycles. The second-order valence-corrected chi connectivity index (χ2v) is 7.05. The maximum Gasteiger partial charge on any atom is 0.334 e. The molecule has 1 aliphatic rings. The first-order valence-corrected chi connectivity index (χ1v) is 9.50. The Hall–Kier alpha value is -2.65. The molecule has 0 saturated carbocycles. The summed E-state index contributed by atoms with van der Waals surface area (Å²) in [6, 6.07) is 7.09. The van der Waals surface area contributed by atoms with Gasteiger partial charge in [0, 0.05) is 33.2 Å². The van der Waals surface area contributed by atoms with Crippen LogP contribution in [0.1, 0.15) is 12.6 Å². The smallest absolute Gasteiger partial charge is 0.334 e. The Balaban J connectivity index is 1.61. The zero-order valence-electron chi connectivity index (χ0n) is 15.9. The van der Waals surface area contributed by atoms with Gasteiger partial charge in [-0.3, -0.25) is 19.8 Å². The van der Waals surface area contributed by atoms with Gasteiger partial charge in [0.05, 0.1) is 22.2 Å². The molecule has 0 radical (unpaired) electrons. The number of nitrogens with zero attached hydrogens (tertiary/aromatic N) is 5. The van der Waals surface area contributed by atoms with Crippen LogP contribution in [0, 0.1) is 10.1 Å². The van der Waals surface area contributed by atoms with Crippen molar-refractivity contribution in [1.29, 1.82) is 0 Å². The number of nitrogens with one attached hydrogen (secondary N) is 1. The molecule has 0 unspecified atom stereocenters. The fourth-order valence-corrected chi connectivity index (χ4v) is 3.59. The number of anilines is 2. The second kappa shape index (κ2) is 8.57. The largest absolute Gasteiger partial charge is 0.349 e. The van der Waals surface area contributed by atoms with Crippen molar-refractivity contribution in [3.05, 3.63) is 45.1 Å². The van der Waals surface area contributed by atoms with Gasteiger partial charge in [0.2, 0.25) is 11.7 Å². The first-order chi connectivity index (χ1) is 13.4. The molecule has 1 amide bonds. The summed E-state index contributed by atoms with van der Waals surface area (Å²) < 4.78 is 1.58. The third-order valence-electron chi connectivity index (χ3n) is 4.77. The van der Waals surface area contributed by atoms with Gasteiger partial charge in [-0.1, -0.05) is 30.7 Å². The average molecular weight is 407 g/mol. The first-order valence-electron chi connectivity index (χ1n) is 9.12. The minimum absolute atomic E-state index is 0.0786. The molecule has 3 rings (SSSR count). The lowest BCUT2D eigenvalue weighted by Gasteiger charge is -2.34. The third kappa shape index (κ3) is 4.26. The summed E-state index contributed by atoms with van der Waals surface area (Å²) in [5, 5.41) is 19.1. The molecule has 9 nitrogen and oxygen atoms in total. The summed E-state index contributed by atoms with van der Waals surface area (Å²) in [5.41, 5.74) is 1.16. The molecule has 0 aliphatic carbocycles. The van der Waals surface area contributed by atoms with Gasteiger partial charge in [0.1, 0.15) is 5.69 Å². The van der Waals surface area contributed by atoms with Crippen molar-refractivity contribution in [2.75, 3.05) is 42.9 Å². The number of rotatable bonds is 6. The van der Waals surface area contributed by atoms with Crippen LogP contribution < -0.4 is 10.2 Å². The van der Waals surface area contributed by atoms with E-state index in [-0.39, 0.29) is 23.1 Å². The molecular formula is C18H23ClN6O3. The molecule has 10 heteroatoms. The lowest BCUT2D eigenvalue weighted by atomic mass is 10.2. The number of aromatic nitrogens is 2. The van der Waals surface area contributed by atoms with Crippen molar-refractivity contribution in [2.45, 2.75) is 13.3 Å². The van der Waals surface area contributed by atoms with Crippen LogP contribution in [0.2, 0.25) is 5.02 Å². The van der Waals surface area contributed by atoms with Crippen molar-refractivity contribution in [3.8, 4) is 0 Å². The van der Waals surface area contributed by atoms with Crippen molar-refractivity contribution >= 4 is 34.7 Å². The molecule has 2 heterocycles. The van der Waals surface area contributed by atoms with Crippen molar-refractivity contribution in [2.24, 2.45) is 7.05 Å². The highest BCUT2D eigenvalue weighted by Crippen LogP contribution is 2.32. The summed E-state index contributed by atoms with van der Waals surface area (Å²) >= 11 is 6.07. The molecule has 1 aromatic carbocycles. The highest BCUT2D eigenvalue weighted by Gasteiger charge is 2.31. The van der Waals surface area contributed by atoms with Crippen LogP contribution >= 0.6 is 11.6 Å². The minimum Gasteiger partial charge on any atom is -0.349 e. The van der Waals surface area contributed by atoms with Gasteiger partial charge in [0.25, 0.3) is 0 Å². The number of carbonyl (C=O) groups is 1. The Morgan fingerprint density at radius 3 is 2.57 bits per heavy atom. The quantitative estimate of drug-likeness (QED) is 0.584. The van der Waals surface area contributed by atoms with Gasteiger partial charge in [0.15, 0.2) is 0 Å². The summed E-state index contributed by atoms with van der Waals surface area (Å²) in [6.07, 6.45) is 0.506. The normalized spacial score (nSPS) is 14.9. The second-order valence-electron chi connectivity index (χ2n) is 6.64. The van der Waals surface area contributed by atoms with Crippen molar-refractivity contribution < 1.29 is 9.72 Å². The summed E-state index contributed by atoms with van der Waals surface area (Å²) in [6.45, 7) is 4.52. The molecule has 0 spiro atoms. The highest BCUT2D eigenvalue weighted by atomic mass is 35.5. The number of carbonyl (C=O) groups excluding carboxylic acids is 1. The first kappa shape index (κ1) is 20.1. The van der Waals surface area contributed by atoms with Gasteiger partial charge in [-0.25, -0.2) is 4.68 Å². The number of hydrogen-bond donors (Lipinski definition) is 1. The third-order valence-corrected chi connectivity index (χ3v) is 5.10. The van der Waals surface area contributed by atoms with Crippen molar-refractivity contribution in [3.63, 3.8) is 0 Å². The predicted octanol–water partition coefficient (Wildman–Crippen LogP) is 2.30. The van der Waals surface area contributed by atoms with E-state index in [1.54, 1.807) is 29.9 Å². The SMILES string of the molecule is CCc1nn(C)c(N2CCN(CC(=O)Nc3ccccc3Cl)CC2)c1[N+](=O)[O-]. The lowest BCUT2D eigenvalue weighted by Crippen LogP contribution is -2.49. The van der Waals surface area contributed by atoms with Crippen LogP contribution in [0.15, 0.2) is 24.3 Å². The van der Waals surface area contributed by atoms with Crippen LogP contribution in [-0.4, -0.2) is 58.2 Å². The number of amides is 1. The Morgan fingerprint density at radius 1 is 1.29 bits per heavy atom. The monoisotopic (exact) mass is 406 g/mol. The zero-order valence-corrected chi connectivity index (χ0v) is 16.6. The van der Waals surface area contributed by atoms with Crippen LogP contribution in [0.5, 0.6) is 0 Å². The van der Waals surface area contributed by atoms with Crippen LogP contribution in [0.25, 0.3) is 0 Å². The van der Waals surface area contributed by atoms with Crippen LogP contribution in [0.4, 0.5) is 17.2 Å². The van der Waals surface area contributed by atoms with Gasteiger partial charge in [-0.2, -0.15) is 5.10 Å². The number of aryl methyl sites for hydroxylation is 2. The zero-order chi connectivity index (χ0) is 20.3. The van der Waals surface area contributed by atoms with Gasteiger partial charge in [-0.15, -0.1) is 0 Å². The Labute approximate surface area is 168 Å². The fraction of sp³-hybridized carbons (Fsp3) is 0.444. The fourth-order valence-electron chi connectivity index (χ4n) is 3.41. The van der Waals surface area contributed by atoms with E-state index in [4.69, 9.17) is 11.6 Å². The minimum atomic E-state index is -0.357. The van der Waals surface area contributed by atoms with E-state index in [1.807, 2.05) is 22.8 Å². The van der Waals surface area contributed by atoms with E-state index < -0.39 is 0 Å². The predicted molar refractivity (Wildman–Crippen MR) is 108 cm³/mol. The summed E-state index contributed by atoms with van der Waals surface area (Å²) in [7, 11) is 1.73. The summed E-state index contributed by atoms with van der Waals surface area (Å²) in [5.74, 6) is 0.392. The van der Waals surface area contributed by atoms with Crippen molar-refractivity contribution in [1.82, 2.24) is 14.7 Å². The Bertz CT molecular complexity index is 876. The molecule has 2 aromatic rings. The molecule has 28 heavy (non-hydrogen) atoms. The molecule has 0 atom stereocenters. The van der Waals surface area contributed by atoms with E-state index in [0.29, 0.717) is 54.8 Å². The number of nitro groups is 1. The maximum atomic E-state index is 12.3. The van der Waals surface area contributed by atoms with E-state index in [9.17, 15) is 14.9 Å². The molecule has 1 aliphatic heterocycles. The van der Waals surface area contributed by atoms with Gasteiger partial charge >= 0.3 is 5.69 Å². The topological polar surface area (TPSA) is 96.5 Å². The number of para-hydroxylation sites is 1. The molecule has 1 fully saturated rings. The standard InChI is InChI=1S/C18H23ClN6O3/c1-3-14-17(25(27)28)18(22(2)21-14)24-10-8-23(9-11-24)12-16(26)20-15-7-5-4-6-13(15)19/h4-7H,3,8-12H2,1-2H3,(H,20,26). The van der Waals surface area contributed by atoms with E-state index >= 15 is 0 Å². The Morgan fingerprint density at radius 2 is 1.96 bits per heavy atom. The number of hydrogen-bond acceptors (Lipinski definition) is 6. The number of piperazine rings is 1. The van der Waals surface area contributed by atoms with E-state index in [2.05, 4.69) is 10.4 Å². The van der Waals surface area contributed by atoms with Crippen LogP contribution in [-0.2, 0) is 18.3 Å². The molecular weight excluding hydrogens is 384 g/mol. The van der Waals surface area contributed by atoms with E-state index in [1.165, 1.54) is 0 Å². The number of halogens is 1. The maximum absolute atomic E-state index is 12.3.